The number of nitrogens with zero attached hydrogens (tertiary/aromatic N) is 4. The van der Waals surface area contributed by atoms with Gasteiger partial charge in [0.2, 0.25) is 0 Å². The molecular formula is C21H19N5O4. The SMILES string of the molecule is O=C(CCC#Cc1nc2c([nH]1)c(=O)n(C1CC1)c(=O)n2C1CC1)Oc1ccncc1. The number of nitrogens with one attached hydrogen (secondary N) is 1. The van der Waals surface area contributed by atoms with Crippen molar-refractivity contribution < 1.29 is 9.53 Å². The minimum atomic E-state index is -0.394. The number of aromatic amines is 1. The van der Waals surface area contributed by atoms with Gasteiger partial charge >= 0.3 is 11.7 Å². The van der Waals surface area contributed by atoms with E-state index in [4.69, 9.17) is 4.74 Å². The molecule has 1 N–H and O–H groups in total. The Morgan fingerprint density at radius 1 is 1.13 bits per heavy atom. The maximum absolute atomic E-state index is 12.8. The fourth-order valence-corrected chi connectivity index (χ4v) is 3.38. The molecule has 3 aromatic rings. The first-order valence-corrected chi connectivity index (χ1v) is 9.98. The van der Waals surface area contributed by atoms with E-state index in [9.17, 15) is 14.4 Å². The highest BCUT2D eigenvalue weighted by Gasteiger charge is 2.34. The van der Waals surface area contributed by atoms with Crippen LogP contribution in [-0.4, -0.2) is 30.1 Å². The third kappa shape index (κ3) is 3.52. The molecule has 5 rings (SSSR count). The van der Waals surface area contributed by atoms with Crippen molar-refractivity contribution >= 4 is 17.1 Å². The Labute approximate surface area is 170 Å². The van der Waals surface area contributed by atoms with E-state index in [0.717, 1.165) is 25.7 Å². The van der Waals surface area contributed by atoms with E-state index in [2.05, 4.69) is 26.8 Å². The van der Waals surface area contributed by atoms with Crippen LogP contribution in [0.15, 0.2) is 34.1 Å². The zero-order valence-electron chi connectivity index (χ0n) is 16.1. The Hall–Kier alpha value is -3.67. The van der Waals surface area contributed by atoms with Crippen LogP contribution in [0.25, 0.3) is 11.2 Å². The van der Waals surface area contributed by atoms with E-state index in [1.54, 1.807) is 29.1 Å². The summed E-state index contributed by atoms with van der Waals surface area (Å²) in [6.45, 7) is 0. The Balaban J connectivity index is 1.36. The number of ether oxygens (including phenoxy) is 1. The third-order valence-corrected chi connectivity index (χ3v) is 5.12. The summed E-state index contributed by atoms with van der Waals surface area (Å²) in [7, 11) is 0. The first-order chi connectivity index (χ1) is 14.6. The van der Waals surface area contributed by atoms with Gasteiger partial charge in [0.05, 0.1) is 6.42 Å². The molecule has 0 radical (unpaired) electrons. The van der Waals surface area contributed by atoms with Crippen LogP contribution in [-0.2, 0) is 4.79 Å². The lowest BCUT2D eigenvalue weighted by Gasteiger charge is -2.09. The lowest BCUT2D eigenvalue weighted by molar-refractivity contribution is -0.134. The molecule has 2 saturated carbocycles. The molecule has 0 aromatic carbocycles. The number of esters is 1. The number of hydrogen-bond donors (Lipinski definition) is 1. The summed E-state index contributed by atoms with van der Waals surface area (Å²) in [6, 6.07) is 3.29. The standard InChI is InChI=1S/C21H19N5O4/c27-17(30-15-9-11-22-12-10-15)4-2-1-3-16-23-18-19(24-16)25(13-5-6-13)21(29)26(20(18)28)14-7-8-14/h9-14H,2,4-8H2,(H,23,24). The van der Waals surface area contributed by atoms with Crippen LogP contribution in [0.3, 0.4) is 0 Å². The first kappa shape index (κ1) is 18.4. The second-order valence-corrected chi connectivity index (χ2v) is 7.53. The third-order valence-electron chi connectivity index (χ3n) is 5.12. The van der Waals surface area contributed by atoms with E-state index in [1.807, 2.05) is 0 Å². The van der Waals surface area contributed by atoms with Crippen LogP contribution in [0.4, 0.5) is 0 Å². The molecule has 152 valence electrons. The van der Waals surface area contributed by atoms with Crippen molar-refractivity contribution in [3.05, 3.63) is 51.2 Å². The Bertz CT molecular complexity index is 1300. The topological polar surface area (TPSA) is 112 Å². The normalized spacial score (nSPS) is 15.6. The molecule has 0 saturated heterocycles. The van der Waals surface area contributed by atoms with Gasteiger partial charge in [0.1, 0.15) is 5.75 Å². The Kier molecular flexibility index (Phi) is 4.47. The number of imidazole rings is 1. The maximum atomic E-state index is 12.8. The van der Waals surface area contributed by atoms with Gasteiger partial charge < -0.3 is 9.72 Å². The smallest absolute Gasteiger partial charge is 0.333 e. The number of carbonyl (C=O) groups excluding carboxylic acids is 1. The number of hydrogen-bond acceptors (Lipinski definition) is 6. The summed E-state index contributed by atoms with van der Waals surface area (Å²) in [6.07, 6.45) is 7.00. The summed E-state index contributed by atoms with van der Waals surface area (Å²) in [5.74, 6) is 6.08. The number of pyridine rings is 1. The molecule has 30 heavy (non-hydrogen) atoms. The minimum absolute atomic E-state index is 0.0105. The summed E-state index contributed by atoms with van der Waals surface area (Å²) >= 11 is 0. The van der Waals surface area contributed by atoms with Crippen LogP contribution >= 0.6 is 0 Å². The van der Waals surface area contributed by atoms with E-state index < -0.39 is 5.97 Å². The van der Waals surface area contributed by atoms with Crippen molar-refractivity contribution in [3.63, 3.8) is 0 Å². The second kappa shape index (κ2) is 7.30. The molecule has 9 heteroatoms. The summed E-state index contributed by atoms with van der Waals surface area (Å²) in [4.78, 5) is 48.7. The van der Waals surface area contributed by atoms with Crippen LogP contribution in [0.1, 0.15) is 56.4 Å². The molecule has 3 aromatic heterocycles. The molecule has 0 bridgehead atoms. The van der Waals surface area contributed by atoms with Gasteiger partial charge in [0.15, 0.2) is 17.0 Å². The van der Waals surface area contributed by atoms with Gasteiger partial charge in [-0.1, -0.05) is 5.92 Å². The number of H-pyrrole nitrogens is 1. The van der Waals surface area contributed by atoms with Gasteiger partial charge in [0.25, 0.3) is 5.56 Å². The van der Waals surface area contributed by atoms with Crippen molar-refractivity contribution in [1.82, 2.24) is 24.1 Å². The monoisotopic (exact) mass is 405 g/mol. The molecule has 0 unspecified atom stereocenters. The van der Waals surface area contributed by atoms with E-state index in [0.29, 0.717) is 22.7 Å². The molecule has 2 aliphatic carbocycles. The number of rotatable bonds is 5. The summed E-state index contributed by atoms with van der Waals surface area (Å²) in [5, 5.41) is 0. The number of fused-ring (bicyclic) bond motifs is 1. The quantitative estimate of drug-likeness (QED) is 0.511. The van der Waals surface area contributed by atoms with Crippen LogP contribution in [0, 0.1) is 11.8 Å². The van der Waals surface area contributed by atoms with Crippen LogP contribution in [0.2, 0.25) is 0 Å². The molecule has 2 fully saturated rings. The van der Waals surface area contributed by atoms with Crippen LogP contribution < -0.4 is 16.0 Å². The van der Waals surface area contributed by atoms with Crippen molar-refractivity contribution in [2.24, 2.45) is 0 Å². The van der Waals surface area contributed by atoms with Gasteiger partial charge in [0, 0.05) is 30.9 Å². The average Bonchev–Trinajstić information content (AvgIpc) is 3.66. The zero-order valence-corrected chi connectivity index (χ0v) is 16.1. The molecule has 3 heterocycles. The van der Waals surface area contributed by atoms with E-state index in [1.165, 1.54) is 4.57 Å². The van der Waals surface area contributed by atoms with Crippen molar-refractivity contribution in [1.29, 1.82) is 0 Å². The van der Waals surface area contributed by atoms with Gasteiger partial charge in [-0.05, 0) is 43.7 Å². The Morgan fingerprint density at radius 3 is 2.53 bits per heavy atom. The van der Waals surface area contributed by atoms with E-state index >= 15 is 0 Å². The van der Waals surface area contributed by atoms with Crippen molar-refractivity contribution in [2.75, 3.05) is 0 Å². The zero-order chi connectivity index (χ0) is 20.7. The lowest BCUT2D eigenvalue weighted by atomic mass is 10.3. The molecular weight excluding hydrogens is 386 g/mol. The number of aromatic nitrogens is 5. The van der Waals surface area contributed by atoms with Gasteiger partial charge in [-0.2, -0.15) is 0 Å². The van der Waals surface area contributed by atoms with Gasteiger partial charge in [-0.25, -0.2) is 9.78 Å². The second-order valence-electron chi connectivity index (χ2n) is 7.53. The van der Waals surface area contributed by atoms with Crippen LogP contribution in [0.5, 0.6) is 5.75 Å². The fraction of sp³-hybridized carbons (Fsp3) is 0.381. The van der Waals surface area contributed by atoms with Crippen molar-refractivity contribution in [3.8, 4) is 17.6 Å². The summed E-state index contributed by atoms with van der Waals surface area (Å²) in [5.41, 5.74) is 0.0684. The highest BCUT2D eigenvalue weighted by molar-refractivity contribution is 5.73. The average molecular weight is 405 g/mol. The highest BCUT2D eigenvalue weighted by Crippen LogP contribution is 2.36. The largest absolute Gasteiger partial charge is 0.426 e. The summed E-state index contributed by atoms with van der Waals surface area (Å²) < 4.78 is 8.16. The number of carbonyl (C=O) groups is 1. The maximum Gasteiger partial charge on any atom is 0.333 e. The highest BCUT2D eigenvalue weighted by atomic mass is 16.5. The van der Waals surface area contributed by atoms with Gasteiger partial charge in [-0.3, -0.25) is 23.7 Å². The first-order valence-electron chi connectivity index (χ1n) is 9.98. The fourth-order valence-electron chi connectivity index (χ4n) is 3.38. The van der Waals surface area contributed by atoms with Gasteiger partial charge in [-0.15, -0.1) is 0 Å². The predicted molar refractivity (Wildman–Crippen MR) is 107 cm³/mol. The molecule has 9 nitrogen and oxygen atoms in total. The lowest BCUT2D eigenvalue weighted by Crippen LogP contribution is -2.39. The van der Waals surface area contributed by atoms with Crippen molar-refractivity contribution in [2.45, 2.75) is 50.6 Å². The molecule has 0 spiro atoms. The molecule has 2 aliphatic rings. The molecule has 0 aliphatic heterocycles. The molecule has 0 atom stereocenters. The van der Waals surface area contributed by atoms with E-state index in [-0.39, 0.29) is 36.2 Å². The molecule has 0 amide bonds. The predicted octanol–water partition coefficient (Wildman–Crippen LogP) is 1.69. The minimum Gasteiger partial charge on any atom is -0.426 e. The Morgan fingerprint density at radius 2 is 1.83 bits per heavy atom.